The highest BCUT2D eigenvalue weighted by Crippen LogP contribution is 2.22. The van der Waals surface area contributed by atoms with Crippen molar-refractivity contribution in [3.8, 4) is 0 Å². The maximum atomic E-state index is 13.0. The highest BCUT2D eigenvalue weighted by molar-refractivity contribution is 7.98. The molecule has 0 radical (unpaired) electrons. The van der Waals surface area contributed by atoms with Gasteiger partial charge in [0.15, 0.2) is 0 Å². The summed E-state index contributed by atoms with van der Waals surface area (Å²) in [5.41, 5.74) is 6.44. The normalized spacial score (nSPS) is 16.4. The van der Waals surface area contributed by atoms with Crippen LogP contribution in [0.15, 0.2) is 29.4 Å². The second-order valence-corrected chi connectivity index (χ2v) is 7.08. The van der Waals surface area contributed by atoms with Gasteiger partial charge in [-0.2, -0.15) is 15.0 Å². The minimum absolute atomic E-state index is 0.0918. The Morgan fingerprint density at radius 1 is 1.25 bits per heavy atom. The highest BCUT2D eigenvalue weighted by Gasteiger charge is 2.19. The number of halogens is 1. The van der Waals surface area contributed by atoms with Gasteiger partial charge in [0.05, 0.1) is 18.4 Å². The first-order valence-electron chi connectivity index (χ1n) is 8.69. The summed E-state index contributed by atoms with van der Waals surface area (Å²) in [5, 5.41) is 15.5. The zero-order chi connectivity index (χ0) is 19.3. The van der Waals surface area contributed by atoms with Crippen molar-refractivity contribution in [1.82, 2.24) is 35.2 Å². The average molecular weight is 403 g/mol. The molecular weight excluding hydrogens is 385 g/mol. The van der Waals surface area contributed by atoms with Crippen LogP contribution in [-0.4, -0.2) is 47.9 Å². The molecule has 0 amide bonds. The number of aromatic nitrogens is 7. The van der Waals surface area contributed by atoms with Gasteiger partial charge < -0.3 is 15.8 Å². The molecular formula is C16H18FN9OS. The van der Waals surface area contributed by atoms with Gasteiger partial charge in [0.2, 0.25) is 17.1 Å². The molecule has 2 aromatic heterocycles. The van der Waals surface area contributed by atoms with Gasteiger partial charge in [0, 0.05) is 12.3 Å². The van der Waals surface area contributed by atoms with Crippen molar-refractivity contribution in [2.24, 2.45) is 0 Å². The molecule has 4 rings (SSSR count). The third kappa shape index (κ3) is 4.70. The number of ether oxygens (including phenoxy) is 1. The van der Waals surface area contributed by atoms with E-state index in [4.69, 9.17) is 10.5 Å². The summed E-state index contributed by atoms with van der Waals surface area (Å²) < 4.78 is 20.4. The fourth-order valence-electron chi connectivity index (χ4n) is 2.75. The molecule has 3 N–H and O–H groups in total. The molecule has 0 aliphatic carbocycles. The lowest BCUT2D eigenvalue weighted by molar-refractivity contribution is 0.0912. The van der Waals surface area contributed by atoms with E-state index in [1.807, 2.05) is 0 Å². The van der Waals surface area contributed by atoms with E-state index in [0.717, 1.165) is 19.4 Å². The highest BCUT2D eigenvalue weighted by atomic mass is 32.2. The smallest absolute Gasteiger partial charge is 0.232 e. The fourth-order valence-corrected chi connectivity index (χ4v) is 3.49. The van der Waals surface area contributed by atoms with Gasteiger partial charge in [0.25, 0.3) is 0 Å². The number of benzene rings is 1. The molecule has 12 heteroatoms. The first-order chi connectivity index (χ1) is 13.7. The predicted octanol–water partition coefficient (Wildman–Crippen LogP) is 1.79. The van der Waals surface area contributed by atoms with Crippen LogP contribution >= 0.6 is 11.8 Å². The third-order valence-corrected chi connectivity index (χ3v) is 4.98. The molecule has 0 bridgehead atoms. The molecule has 3 aromatic rings. The summed E-state index contributed by atoms with van der Waals surface area (Å²) in [4.78, 5) is 12.6. The number of nitrogens with zero attached hydrogens (tertiary/aromatic N) is 7. The second kappa shape index (κ2) is 8.44. The molecule has 28 heavy (non-hydrogen) atoms. The van der Waals surface area contributed by atoms with Crippen molar-refractivity contribution in [1.29, 1.82) is 0 Å². The summed E-state index contributed by atoms with van der Waals surface area (Å²) in [7, 11) is 0. The SMILES string of the molecule is Nc1nc(CSc2nnnn2C[C@@H]2CCCO2)nc(Nc2ccc(F)cc2)n1. The van der Waals surface area contributed by atoms with Crippen molar-refractivity contribution in [3.05, 3.63) is 35.9 Å². The molecule has 1 atom stereocenters. The molecule has 1 aromatic carbocycles. The molecule has 1 aliphatic heterocycles. The Bertz CT molecular complexity index is 930. The molecule has 10 nitrogen and oxygen atoms in total. The van der Waals surface area contributed by atoms with Crippen molar-refractivity contribution >= 4 is 29.3 Å². The van der Waals surface area contributed by atoms with Crippen LogP contribution in [0, 0.1) is 5.82 Å². The van der Waals surface area contributed by atoms with Crippen molar-refractivity contribution in [2.45, 2.75) is 36.4 Å². The molecule has 146 valence electrons. The molecule has 1 saturated heterocycles. The van der Waals surface area contributed by atoms with E-state index in [2.05, 4.69) is 35.8 Å². The first kappa shape index (κ1) is 18.5. The average Bonchev–Trinajstić information content (AvgIpc) is 3.34. The monoisotopic (exact) mass is 403 g/mol. The Morgan fingerprint density at radius 2 is 2.11 bits per heavy atom. The lowest BCUT2D eigenvalue weighted by atomic mass is 10.2. The maximum absolute atomic E-state index is 13.0. The van der Waals surface area contributed by atoms with Crippen LogP contribution in [0.4, 0.5) is 22.0 Å². The maximum Gasteiger partial charge on any atom is 0.232 e. The standard InChI is InChI=1S/C16H18FN9OS/c17-10-3-5-11(6-4-10)19-15-21-13(20-14(18)22-15)9-28-16-23-24-25-26(16)8-12-2-1-7-27-12/h3-6,12H,1-2,7-9H2,(H3,18,19,20,21,22)/t12-/m0/s1. The molecule has 1 fully saturated rings. The van der Waals surface area contributed by atoms with E-state index >= 15 is 0 Å². The van der Waals surface area contributed by atoms with Gasteiger partial charge in [0.1, 0.15) is 11.6 Å². The van der Waals surface area contributed by atoms with Crippen LogP contribution in [0.1, 0.15) is 18.7 Å². The van der Waals surface area contributed by atoms with E-state index in [1.165, 1.54) is 23.9 Å². The Kier molecular flexibility index (Phi) is 5.58. The van der Waals surface area contributed by atoms with E-state index in [9.17, 15) is 4.39 Å². The lowest BCUT2D eigenvalue weighted by Crippen LogP contribution is -2.17. The van der Waals surface area contributed by atoms with Gasteiger partial charge in [-0.25, -0.2) is 9.07 Å². The fraction of sp³-hybridized carbons (Fsp3) is 0.375. The second-order valence-electron chi connectivity index (χ2n) is 6.13. The Hall–Kier alpha value is -2.86. The summed E-state index contributed by atoms with van der Waals surface area (Å²) in [6.07, 6.45) is 2.21. The molecule has 0 unspecified atom stereocenters. The van der Waals surface area contributed by atoms with Gasteiger partial charge >= 0.3 is 0 Å². The van der Waals surface area contributed by atoms with Crippen LogP contribution in [0.5, 0.6) is 0 Å². The van der Waals surface area contributed by atoms with Crippen LogP contribution in [0.3, 0.4) is 0 Å². The number of hydrogen-bond donors (Lipinski definition) is 2. The largest absolute Gasteiger partial charge is 0.376 e. The van der Waals surface area contributed by atoms with Crippen LogP contribution in [0.25, 0.3) is 0 Å². The number of rotatable bonds is 7. The van der Waals surface area contributed by atoms with E-state index in [0.29, 0.717) is 29.0 Å². The topological polar surface area (TPSA) is 130 Å². The number of thioether (sulfide) groups is 1. The Balaban J connectivity index is 1.42. The zero-order valence-electron chi connectivity index (χ0n) is 14.8. The minimum Gasteiger partial charge on any atom is -0.376 e. The van der Waals surface area contributed by atoms with E-state index < -0.39 is 0 Å². The summed E-state index contributed by atoms with van der Waals surface area (Å²) in [6.45, 7) is 1.40. The summed E-state index contributed by atoms with van der Waals surface area (Å²) in [6, 6.07) is 5.86. The van der Waals surface area contributed by atoms with Crippen molar-refractivity contribution < 1.29 is 9.13 Å². The molecule has 1 aliphatic rings. The third-order valence-electron chi connectivity index (χ3n) is 4.03. The molecule has 3 heterocycles. The zero-order valence-corrected chi connectivity index (χ0v) is 15.6. The lowest BCUT2D eigenvalue weighted by Gasteiger charge is -2.10. The predicted molar refractivity (Wildman–Crippen MR) is 100 cm³/mol. The van der Waals surface area contributed by atoms with Gasteiger partial charge in [-0.05, 0) is 47.5 Å². The summed E-state index contributed by atoms with van der Waals surface area (Å²) >= 11 is 1.40. The molecule has 0 spiro atoms. The van der Waals surface area contributed by atoms with E-state index in [-0.39, 0.29) is 23.8 Å². The summed E-state index contributed by atoms with van der Waals surface area (Å²) in [5.74, 6) is 0.951. The van der Waals surface area contributed by atoms with Crippen LogP contribution in [-0.2, 0) is 17.0 Å². The number of nitrogen functional groups attached to an aromatic ring is 1. The van der Waals surface area contributed by atoms with Crippen molar-refractivity contribution in [2.75, 3.05) is 17.7 Å². The number of nitrogens with two attached hydrogens (primary N) is 1. The van der Waals surface area contributed by atoms with Crippen LogP contribution < -0.4 is 11.1 Å². The first-order valence-corrected chi connectivity index (χ1v) is 9.68. The number of nitrogens with one attached hydrogen (secondary N) is 1. The quantitative estimate of drug-likeness (QED) is 0.563. The van der Waals surface area contributed by atoms with Crippen molar-refractivity contribution in [3.63, 3.8) is 0 Å². The Labute approximate surface area is 164 Å². The van der Waals surface area contributed by atoms with Gasteiger partial charge in [-0.3, -0.25) is 0 Å². The van der Waals surface area contributed by atoms with Gasteiger partial charge in [-0.15, -0.1) is 5.10 Å². The number of hydrogen-bond acceptors (Lipinski definition) is 10. The number of tetrazole rings is 1. The minimum atomic E-state index is -0.321. The van der Waals surface area contributed by atoms with Gasteiger partial charge in [-0.1, -0.05) is 11.8 Å². The molecule has 0 saturated carbocycles. The number of anilines is 3. The van der Waals surface area contributed by atoms with Crippen LogP contribution in [0.2, 0.25) is 0 Å². The Morgan fingerprint density at radius 3 is 2.89 bits per heavy atom. The van der Waals surface area contributed by atoms with E-state index in [1.54, 1.807) is 16.8 Å².